The number of hydrogen-bond acceptors (Lipinski definition) is 2. The van der Waals surface area contributed by atoms with Crippen LogP contribution in [-0.4, -0.2) is 0 Å². The Morgan fingerprint density at radius 2 is 0.880 bits per heavy atom. The molecule has 0 unspecified atom stereocenters. The van der Waals surface area contributed by atoms with E-state index in [0.717, 1.165) is 55.0 Å². The van der Waals surface area contributed by atoms with E-state index in [1.54, 1.807) is 0 Å². The van der Waals surface area contributed by atoms with Gasteiger partial charge in [0.2, 0.25) is 0 Å². The van der Waals surface area contributed by atoms with Gasteiger partial charge in [0.1, 0.15) is 22.3 Å². The van der Waals surface area contributed by atoms with Crippen LogP contribution in [0.15, 0.2) is 179 Å². The van der Waals surface area contributed by atoms with Crippen molar-refractivity contribution in [3.8, 4) is 33.4 Å². The van der Waals surface area contributed by atoms with E-state index in [1.807, 2.05) is 18.2 Å². The van der Waals surface area contributed by atoms with Crippen LogP contribution in [0.25, 0.3) is 110 Å². The first-order valence-electron chi connectivity index (χ1n) is 17.1. The number of para-hydroxylation sites is 1. The molecule has 11 rings (SSSR count). The molecule has 0 N–H and O–H groups in total. The molecule has 0 aliphatic heterocycles. The van der Waals surface area contributed by atoms with Crippen molar-refractivity contribution in [1.82, 2.24) is 0 Å². The second kappa shape index (κ2) is 10.4. The summed E-state index contributed by atoms with van der Waals surface area (Å²) < 4.78 is 12.7. The minimum absolute atomic E-state index is 0.846. The van der Waals surface area contributed by atoms with Gasteiger partial charge in [-0.25, -0.2) is 0 Å². The van der Waals surface area contributed by atoms with Gasteiger partial charge in [-0.3, -0.25) is 0 Å². The van der Waals surface area contributed by atoms with Crippen molar-refractivity contribution >= 4 is 76.2 Å². The molecular formula is C48H28O2. The Bertz CT molecular complexity index is 3080. The van der Waals surface area contributed by atoms with Crippen molar-refractivity contribution < 1.29 is 8.83 Å². The Morgan fingerprint density at radius 1 is 0.300 bits per heavy atom. The summed E-state index contributed by atoms with van der Waals surface area (Å²) in [4.78, 5) is 0. The van der Waals surface area contributed by atoms with Gasteiger partial charge < -0.3 is 8.83 Å². The van der Waals surface area contributed by atoms with Crippen LogP contribution in [0.1, 0.15) is 0 Å². The maximum absolute atomic E-state index is 6.60. The standard InChI is InChI=1S/C48H28O2/c1-2-12-33-30(10-1)11-9-18-35(33)46-38-15-5-3-13-36(38)45(37-14-4-6-16-39(37)46)31-22-20-29(21-23-31)32-24-25-34-40-26-27-43-47(48(40)50-44(34)28-32)41-17-7-8-19-42(41)49-43/h1-28H. The van der Waals surface area contributed by atoms with E-state index in [4.69, 9.17) is 8.83 Å². The highest BCUT2D eigenvalue weighted by Crippen LogP contribution is 2.46. The predicted octanol–water partition coefficient (Wildman–Crippen LogP) is 13.9. The third-order valence-corrected chi connectivity index (χ3v) is 10.5. The highest BCUT2D eigenvalue weighted by atomic mass is 16.3. The Morgan fingerprint density at radius 3 is 1.64 bits per heavy atom. The molecular weight excluding hydrogens is 609 g/mol. The first-order chi connectivity index (χ1) is 24.8. The molecule has 2 aromatic heterocycles. The maximum Gasteiger partial charge on any atom is 0.147 e. The van der Waals surface area contributed by atoms with Gasteiger partial charge in [-0.15, -0.1) is 0 Å². The summed E-state index contributed by atoms with van der Waals surface area (Å²) in [5.41, 5.74) is 10.8. The Kier molecular flexibility index (Phi) is 5.70. The van der Waals surface area contributed by atoms with Crippen LogP contribution < -0.4 is 0 Å². The Labute approximate surface area is 287 Å². The van der Waals surface area contributed by atoms with Crippen LogP contribution in [0.5, 0.6) is 0 Å². The number of rotatable bonds is 3. The van der Waals surface area contributed by atoms with E-state index >= 15 is 0 Å². The largest absolute Gasteiger partial charge is 0.456 e. The molecule has 0 fully saturated rings. The van der Waals surface area contributed by atoms with E-state index in [-0.39, 0.29) is 0 Å². The summed E-state index contributed by atoms with van der Waals surface area (Å²) in [7, 11) is 0. The van der Waals surface area contributed by atoms with E-state index < -0.39 is 0 Å². The summed E-state index contributed by atoms with van der Waals surface area (Å²) in [6, 6.07) is 61.0. The molecule has 0 saturated heterocycles. The zero-order chi connectivity index (χ0) is 32.8. The van der Waals surface area contributed by atoms with Crippen molar-refractivity contribution in [2.24, 2.45) is 0 Å². The third kappa shape index (κ3) is 3.90. The SMILES string of the molecule is c1ccc2c(-c3c4ccccc4c(-c4ccc(-c5ccc6c(c5)oc5c6ccc6oc7ccccc7c65)cc4)c4ccccc34)cccc2c1. The fourth-order valence-corrected chi connectivity index (χ4v) is 8.22. The molecule has 2 heteroatoms. The van der Waals surface area contributed by atoms with Gasteiger partial charge >= 0.3 is 0 Å². The molecule has 2 nitrogen and oxygen atoms in total. The maximum atomic E-state index is 6.60. The lowest BCUT2D eigenvalue weighted by Crippen LogP contribution is -1.91. The van der Waals surface area contributed by atoms with Gasteiger partial charge in [0.05, 0.1) is 5.39 Å². The predicted molar refractivity (Wildman–Crippen MR) is 210 cm³/mol. The topological polar surface area (TPSA) is 26.3 Å². The zero-order valence-corrected chi connectivity index (χ0v) is 27.0. The van der Waals surface area contributed by atoms with Crippen LogP contribution in [0.4, 0.5) is 0 Å². The van der Waals surface area contributed by atoms with Gasteiger partial charge in [0.15, 0.2) is 0 Å². The summed E-state index contributed by atoms with van der Waals surface area (Å²) in [6.07, 6.45) is 0. The third-order valence-electron chi connectivity index (χ3n) is 10.5. The highest BCUT2D eigenvalue weighted by Gasteiger charge is 2.19. The fourth-order valence-electron chi connectivity index (χ4n) is 8.22. The van der Waals surface area contributed by atoms with Crippen LogP contribution in [0, 0.1) is 0 Å². The van der Waals surface area contributed by atoms with Crippen LogP contribution in [0.2, 0.25) is 0 Å². The van der Waals surface area contributed by atoms with E-state index in [2.05, 4.69) is 152 Å². The van der Waals surface area contributed by atoms with Crippen molar-refractivity contribution in [1.29, 1.82) is 0 Å². The Balaban J connectivity index is 1.07. The summed E-state index contributed by atoms with van der Waals surface area (Å²) >= 11 is 0. The molecule has 0 aliphatic rings. The van der Waals surface area contributed by atoms with Crippen LogP contribution in [0.3, 0.4) is 0 Å². The minimum atomic E-state index is 0.846. The zero-order valence-electron chi connectivity index (χ0n) is 27.0. The monoisotopic (exact) mass is 636 g/mol. The number of hydrogen-bond donors (Lipinski definition) is 0. The molecule has 0 bridgehead atoms. The van der Waals surface area contributed by atoms with Crippen LogP contribution in [-0.2, 0) is 0 Å². The molecule has 0 radical (unpaired) electrons. The summed E-state index contributed by atoms with van der Waals surface area (Å²) in [6.45, 7) is 0. The van der Waals surface area contributed by atoms with E-state index in [0.29, 0.717) is 0 Å². The normalized spacial score (nSPS) is 12.0. The number of benzene rings is 9. The van der Waals surface area contributed by atoms with Crippen molar-refractivity contribution in [2.45, 2.75) is 0 Å². The minimum Gasteiger partial charge on any atom is -0.456 e. The highest BCUT2D eigenvalue weighted by molar-refractivity contribution is 6.24. The molecule has 0 atom stereocenters. The molecule has 0 aliphatic carbocycles. The average Bonchev–Trinajstić information content (AvgIpc) is 3.75. The van der Waals surface area contributed by atoms with Crippen LogP contribution >= 0.6 is 0 Å². The molecule has 0 amide bonds. The van der Waals surface area contributed by atoms with E-state index in [9.17, 15) is 0 Å². The average molecular weight is 637 g/mol. The first kappa shape index (κ1) is 27.3. The lowest BCUT2D eigenvalue weighted by molar-refractivity contribution is 0.663. The number of furan rings is 2. The van der Waals surface area contributed by atoms with Crippen molar-refractivity contribution in [3.05, 3.63) is 170 Å². The summed E-state index contributed by atoms with van der Waals surface area (Å²) in [5, 5.41) is 11.9. The molecule has 0 saturated carbocycles. The second-order valence-corrected chi connectivity index (χ2v) is 13.2. The lowest BCUT2D eigenvalue weighted by Gasteiger charge is -2.19. The molecule has 50 heavy (non-hydrogen) atoms. The van der Waals surface area contributed by atoms with Gasteiger partial charge in [0.25, 0.3) is 0 Å². The molecule has 232 valence electrons. The molecule has 9 aromatic carbocycles. The van der Waals surface area contributed by atoms with Gasteiger partial charge in [-0.1, -0.05) is 140 Å². The Hall–Kier alpha value is -6.64. The second-order valence-electron chi connectivity index (χ2n) is 13.2. The smallest absolute Gasteiger partial charge is 0.147 e. The molecule has 11 aromatic rings. The first-order valence-corrected chi connectivity index (χ1v) is 17.1. The fraction of sp³-hybridized carbons (Fsp3) is 0. The summed E-state index contributed by atoms with van der Waals surface area (Å²) in [5.74, 6) is 0. The van der Waals surface area contributed by atoms with Crippen molar-refractivity contribution in [2.75, 3.05) is 0 Å². The van der Waals surface area contributed by atoms with E-state index in [1.165, 1.54) is 54.6 Å². The quantitative estimate of drug-likeness (QED) is 0.180. The van der Waals surface area contributed by atoms with Gasteiger partial charge in [-0.2, -0.15) is 0 Å². The van der Waals surface area contributed by atoms with Gasteiger partial charge in [0, 0.05) is 16.2 Å². The lowest BCUT2D eigenvalue weighted by atomic mass is 9.84. The number of fused-ring (bicyclic) bond motifs is 10. The van der Waals surface area contributed by atoms with Crippen molar-refractivity contribution in [3.63, 3.8) is 0 Å². The molecule has 0 spiro atoms. The van der Waals surface area contributed by atoms with Gasteiger partial charge in [-0.05, 0) is 96.0 Å². The molecule has 2 heterocycles.